The van der Waals surface area contributed by atoms with Crippen molar-refractivity contribution in [3.63, 3.8) is 0 Å². The first-order chi connectivity index (χ1) is 9.10. The van der Waals surface area contributed by atoms with Gasteiger partial charge in [-0.05, 0) is 65.3 Å². The molecule has 0 fully saturated rings. The molecule has 0 bridgehead atoms. The van der Waals surface area contributed by atoms with Gasteiger partial charge in [0.15, 0.2) is 0 Å². The highest BCUT2D eigenvalue weighted by atomic mass is 79.9. The molecule has 4 heteroatoms. The van der Waals surface area contributed by atoms with Crippen LogP contribution in [0.5, 0.6) is 11.5 Å². The Kier molecular flexibility index (Phi) is 4.56. The van der Waals surface area contributed by atoms with E-state index in [0.717, 1.165) is 17.9 Å². The van der Waals surface area contributed by atoms with Crippen LogP contribution in [-0.4, -0.2) is 7.05 Å². The quantitative estimate of drug-likeness (QED) is 0.899. The van der Waals surface area contributed by atoms with Crippen molar-refractivity contribution in [1.29, 1.82) is 0 Å². The van der Waals surface area contributed by atoms with Crippen LogP contribution in [0.1, 0.15) is 11.1 Å². The molecule has 0 aliphatic rings. The largest absolute Gasteiger partial charge is 0.457 e. The molecule has 0 heterocycles. The van der Waals surface area contributed by atoms with E-state index in [2.05, 4.69) is 27.3 Å². The Morgan fingerprint density at radius 2 is 2.00 bits per heavy atom. The topological polar surface area (TPSA) is 21.3 Å². The molecular formula is C15H15BrFNO. The van der Waals surface area contributed by atoms with Gasteiger partial charge >= 0.3 is 0 Å². The number of ether oxygens (including phenoxy) is 1. The third-order valence-electron chi connectivity index (χ3n) is 2.74. The predicted octanol–water partition coefficient (Wildman–Crippen LogP) is 4.41. The van der Waals surface area contributed by atoms with Crippen LogP contribution in [0.4, 0.5) is 4.39 Å². The zero-order valence-corrected chi connectivity index (χ0v) is 12.4. The third kappa shape index (κ3) is 3.55. The van der Waals surface area contributed by atoms with E-state index in [0.29, 0.717) is 10.2 Å². The zero-order chi connectivity index (χ0) is 13.8. The highest BCUT2D eigenvalue weighted by molar-refractivity contribution is 9.10. The maximum atomic E-state index is 13.1. The van der Waals surface area contributed by atoms with Gasteiger partial charge in [-0.3, -0.25) is 0 Å². The van der Waals surface area contributed by atoms with Crippen LogP contribution in [0.15, 0.2) is 40.9 Å². The van der Waals surface area contributed by atoms with Crippen molar-refractivity contribution in [1.82, 2.24) is 5.32 Å². The number of aryl methyl sites for hydroxylation is 1. The normalized spacial score (nSPS) is 10.5. The SMILES string of the molecule is CNCc1ccc(Oc2ccc(F)c(Br)c2)c(C)c1. The summed E-state index contributed by atoms with van der Waals surface area (Å²) in [4.78, 5) is 0. The van der Waals surface area contributed by atoms with E-state index in [-0.39, 0.29) is 5.82 Å². The molecule has 1 N–H and O–H groups in total. The molecule has 2 nitrogen and oxygen atoms in total. The second-order valence-electron chi connectivity index (χ2n) is 4.31. The van der Waals surface area contributed by atoms with Crippen molar-refractivity contribution < 1.29 is 9.13 Å². The Hall–Kier alpha value is -1.39. The van der Waals surface area contributed by atoms with Crippen molar-refractivity contribution in [2.24, 2.45) is 0 Å². The van der Waals surface area contributed by atoms with E-state index in [1.54, 1.807) is 12.1 Å². The second-order valence-corrected chi connectivity index (χ2v) is 5.16. The fourth-order valence-corrected chi connectivity index (χ4v) is 2.17. The minimum atomic E-state index is -0.298. The molecule has 0 saturated carbocycles. The smallest absolute Gasteiger partial charge is 0.137 e. The van der Waals surface area contributed by atoms with Crippen LogP contribution in [0, 0.1) is 12.7 Å². The molecule has 0 aliphatic carbocycles. The van der Waals surface area contributed by atoms with Crippen LogP contribution < -0.4 is 10.1 Å². The Morgan fingerprint density at radius 3 is 2.63 bits per heavy atom. The molecular weight excluding hydrogens is 309 g/mol. The molecule has 0 atom stereocenters. The summed E-state index contributed by atoms with van der Waals surface area (Å²) in [5.74, 6) is 1.09. The Morgan fingerprint density at radius 1 is 1.21 bits per heavy atom. The molecule has 2 aromatic carbocycles. The van der Waals surface area contributed by atoms with Crippen LogP contribution in [-0.2, 0) is 6.54 Å². The van der Waals surface area contributed by atoms with Gasteiger partial charge in [-0.15, -0.1) is 0 Å². The van der Waals surface area contributed by atoms with E-state index in [4.69, 9.17) is 4.74 Å². The third-order valence-corrected chi connectivity index (χ3v) is 3.35. The van der Waals surface area contributed by atoms with Gasteiger partial charge in [0.05, 0.1) is 4.47 Å². The molecule has 0 aliphatic heterocycles. The Bertz CT molecular complexity index is 586. The summed E-state index contributed by atoms with van der Waals surface area (Å²) in [6.07, 6.45) is 0. The Balaban J connectivity index is 2.20. The van der Waals surface area contributed by atoms with Crippen molar-refractivity contribution in [2.75, 3.05) is 7.05 Å². The molecule has 0 spiro atoms. The monoisotopic (exact) mass is 323 g/mol. The molecule has 0 amide bonds. The first-order valence-corrected chi connectivity index (χ1v) is 6.76. The number of nitrogens with one attached hydrogen (secondary N) is 1. The van der Waals surface area contributed by atoms with Gasteiger partial charge in [-0.1, -0.05) is 12.1 Å². The first-order valence-electron chi connectivity index (χ1n) is 5.97. The summed E-state index contributed by atoms with van der Waals surface area (Å²) < 4.78 is 19.3. The highest BCUT2D eigenvalue weighted by Crippen LogP contribution is 2.28. The summed E-state index contributed by atoms with van der Waals surface area (Å²) >= 11 is 3.15. The molecule has 19 heavy (non-hydrogen) atoms. The summed E-state index contributed by atoms with van der Waals surface area (Å²) in [6, 6.07) is 10.6. The molecule has 0 radical (unpaired) electrons. The van der Waals surface area contributed by atoms with E-state index in [9.17, 15) is 4.39 Å². The van der Waals surface area contributed by atoms with Gasteiger partial charge < -0.3 is 10.1 Å². The van der Waals surface area contributed by atoms with E-state index in [1.807, 2.05) is 26.1 Å². The average Bonchev–Trinajstić information content (AvgIpc) is 2.37. The number of hydrogen-bond donors (Lipinski definition) is 1. The van der Waals surface area contributed by atoms with Gasteiger partial charge in [0.2, 0.25) is 0 Å². The summed E-state index contributed by atoms with van der Waals surface area (Å²) in [6.45, 7) is 2.82. The van der Waals surface area contributed by atoms with Crippen LogP contribution in [0.25, 0.3) is 0 Å². The lowest BCUT2D eigenvalue weighted by Crippen LogP contribution is -2.05. The fraction of sp³-hybridized carbons (Fsp3) is 0.200. The zero-order valence-electron chi connectivity index (χ0n) is 10.8. The van der Waals surface area contributed by atoms with Gasteiger partial charge in [0, 0.05) is 6.54 Å². The molecule has 2 aromatic rings. The number of rotatable bonds is 4. The van der Waals surface area contributed by atoms with Crippen molar-refractivity contribution in [2.45, 2.75) is 13.5 Å². The fourth-order valence-electron chi connectivity index (χ4n) is 1.81. The van der Waals surface area contributed by atoms with Crippen LogP contribution in [0.3, 0.4) is 0 Å². The molecule has 2 rings (SSSR count). The lowest BCUT2D eigenvalue weighted by molar-refractivity contribution is 0.476. The number of halogens is 2. The summed E-state index contributed by atoms with van der Waals surface area (Å²) in [5, 5.41) is 3.11. The maximum absolute atomic E-state index is 13.1. The van der Waals surface area contributed by atoms with E-state index >= 15 is 0 Å². The van der Waals surface area contributed by atoms with Crippen molar-refractivity contribution in [3.8, 4) is 11.5 Å². The van der Waals surface area contributed by atoms with Gasteiger partial charge in [0.1, 0.15) is 17.3 Å². The minimum Gasteiger partial charge on any atom is -0.457 e. The van der Waals surface area contributed by atoms with Crippen LogP contribution >= 0.6 is 15.9 Å². The van der Waals surface area contributed by atoms with E-state index in [1.165, 1.54) is 11.6 Å². The minimum absolute atomic E-state index is 0.298. The number of benzene rings is 2. The van der Waals surface area contributed by atoms with Gasteiger partial charge in [0.25, 0.3) is 0 Å². The highest BCUT2D eigenvalue weighted by Gasteiger charge is 2.05. The predicted molar refractivity (Wildman–Crippen MR) is 78.1 cm³/mol. The Labute approximate surface area is 120 Å². The lowest BCUT2D eigenvalue weighted by Gasteiger charge is -2.11. The molecule has 0 unspecified atom stereocenters. The first kappa shape index (κ1) is 14.0. The summed E-state index contributed by atoms with van der Waals surface area (Å²) in [5.41, 5.74) is 2.25. The van der Waals surface area contributed by atoms with Gasteiger partial charge in [-0.25, -0.2) is 4.39 Å². The maximum Gasteiger partial charge on any atom is 0.137 e. The van der Waals surface area contributed by atoms with Gasteiger partial charge in [-0.2, -0.15) is 0 Å². The van der Waals surface area contributed by atoms with Crippen LogP contribution in [0.2, 0.25) is 0 Å². The van der Waals surface area contributed by atoms with Crippen molar-refractivity contribution >= 4 is 15.9 Å². The summed E-state index contributed by atoms with van der Waals surface area (Å²) in [7, 11) is 1.91. The molecule has 0 aromatic heterocycles. The standard InChI is InChI=1S/C15H15BrFNO/c1-10-7-11(9-18-2)3-6-15(10)19-12-4-5-14(17)13(16)8-12/h3-8,18H,9H2,1-2H3. The van der Waals surface area contributed by atoms with Crippen molar-refractivity contribution in [3.05, 3.63) is 57.8 Å². The average molecular weight is 324 g/mol. The molecule has 0 saturated heterocycles. The van der Waals surface area contributed by atoms with E-state index < -0.39 is 0 Å². The molecule has 100 valence electrons. The number of hydrogen-bond acceptors (Lipinski definition) is 2. The second kappa shape index (κ2) is 6.17. The lowest BCUT2D eigenvalue weighted by atomic mass is 10.1.